The predicted octanol–water partition coefficient (Wildman–Crippen LogP) is 4.95. The Morgan fingerprint density at radius 3 is 2.62 bits per heavy atom. The van der Waals surface area contributed by atoms with Crippen molar-refractivity contribution < 1.29 is 4.74 Å². The lowest BCUT2D eigenvalue weighted by Gasteiger charge is -2.33. The Labute approximate surface area is 134 Å². The fraction of sp³-hybridized carbons (Fsp3) is 0.667. The minimum atomic E-state index is 0.00792. The SMILES string of the molecule is CCCNCC1(OCc2cccc(Cl)c2)CCCCCC1. The maximum absolute atomic E-state index is 6.42. The van der Waals surface area contributed by atoms with Crippen LogP contribution in [0, 0.1) is 0 Å². The number of hydrogen-bond acceptors (Lipinski definition) is 2. The van der Waals surface area contributed by atoms with E-state index in [0.29, 0.717) is 6.61 Å². The summed E-state index contributed by atoms with van der Waals surface area (Å²) in [7, 11) is 0. The van der Waals surface area contributed by atoms with Gasteiger partial charge < -0.3 is 10.1 Å². The highest BCUT2D eigenvalue weighted by Crippen LogP contribution is 2.31. The van der Waals surface area contributed by atoms with Gasteiger partial charge in [-0.05, 0) is 43.5 Å². The predicted molar refractivity (Wildman–Crippen MR) is 89.8 cm³/mol. The number of nitrogens with one attached hydrogen (secondary N) is 1. The Bertz CT molecular complexity index is 413. The van der Waals surface area contributed by atoms with E-state index < -0.39 is 0 Å². The highest BCUT2D eigenvalue weighted by molar-refractivity contribution is 6.30. The second kappa shape index (κ2) is 8.77. The lowest BCUT2D eigenvalue weighted by Crippen LogP contribution is -2.43. The number of ether oxygens (including phenoxy) is 1. The van der Waals surface area contributed by atoms with E-state index in [0.717, 1.165) is 18.1 Å². The Morgan fingerprint density at radius 1 is 1.19 bits per heavy atom. The van der Waals surface area contributed by atoms with Crippen LogP contribution in [0.15, 0.2) is 24.3 Å². The first-order valence-corrected chi connectivity index (χ1v) is 8.71. The van der Waals surface area contributed by atoms with E-state index in [1.54, 1.807) is 0 Å². The lowest BCUT2D eigenvalue weighted by atomic mass is 9.93. The zero-order chi connectivity index (χ0) is 15.0. The fourth-order valence-corrected chi connectivity index (χ4v) is 3.31. The molecule has 0 amide bonds. The number of halogens is 1. The molecule has 1 aliphatic rings. The first-order chi connectivity index (χ1) is 10.2. The molecule has 1 aliphatic carbocycles. The van der Waals surface area contributed by atoms with Crippen LogP contribution in [-0.2, 0) is 11.3 Å². The summed E-state index contributed by atoms with van der Waals surface area (Å²) < 4.78 is 6.42. The topological polar surface area (TPSA) is 21.3 Å². The molecule has 1 aromatic rings. The van der Waals surface area contributed by atoms with Crippen LogP contribution in [0.25, 0.3) is 0 Å². The summed E-state index contributed by atoms with van der Waals surface area (Å²) in [4.78, 5) is 0. The van der Waals surface area contributed by atoms with Gasteiger partial charge in [0.15, 0.2) is 0 Å². The molecule has 0 aliphatic heterocycles. The molecular formula is C18H28ClNO. The highest BCUT2D eigenvalue weighted by Gasteiger charge is 2.31. The Kier molecular flexibility index (Phi) is 7.01. The monoisotopic (exact) mass is 309 g/mol. The van der Waals surface area contributed by atoms with Gasteiger partial charge in [-0.1, -0.05) is 56.3 Å². The quantitative estimate of drug-likeness (QED) is 0.568. The van der Waals surface area contributed by atoms with Crippen molar-refractivity contribution >= 4 is 11.6 Å². The molecule has 2 rings (SSSR count). The van der Waals surface area contributed by atoms with Gasteiger partial charge in [-0.3, -0.25) is 0 Å². The molecule has 0 spiro atoms. The average molecular weight is 310 g/mol. The molecule has 1 N–H and O–H groups in total. The number of rotatable bonds is 7. The second-order valence-electron chi connectivity index (χ2n) is 6.19. The van der Waals surface area contributed by atoms with Crippen molar-refractivity contribution in [3.63, 3.8) is 0 Å². The van der Waals surface area contributed by atoms with E-state index in [-0.39, 0.29) is 5.60 Å². The van der Waals surface area contributed by atoms with Gasteiger partial charge in [0.05, 0.1) is 12.2 Å². The number of hydrogen-bond donors (Lipinski definition) is 1. The molecule has 1 saturated carbocycles. The largest absolute Gasteiger partial charge is 0.369 e. The molecule has 118 valence electrons. The van der Waals surface area contributed by atoms with Crippen molar-refractivity contribution in [2.75, 3.05) is 13.1 Å². The van der Waals surface area contributed by atoms with Crippen LogP contribution >= 0.6 is 11.6 Å². The van der Waals surface area contributed by atoms with Crippen LogP contribution in [-0.4, -0.2) is 18.7 Å². The minimum Gasteiger partial charge on any atom is -0.369 e. The summed E-state index contributed by atoms with van der Waals surface area (Å²) in [5.74, 6) is 0. The molecule has 21 heavy (non-hydrogen) atoms. The van der Waals surface area contributed by atoms with Gasteiger partial charge in [-0.2, -0.15) is 0 Å². The maximum Gasteiger partial charge on any atom is 0.0810 e. The molecule has 0 bridgehead atoms. The van der Waals surface area contributed by atoms with Crippen LogP contribution in [0.4, 0.5) is 0 Å². The van der Waals surface area contributed by atoms with Crippen molar-refractivity contribution in [1.82, 2.24) is 5.32 Å². The highest BCUT2D eigenvalue weighted by atomic mass is 35.5. The smallest absolute Gasteiger partial charge is 0.0810 e. The molecule has 1 fully saturated rings. The Hall–Kier alpha value is -0.570. The summed E-state index contributed by atoms with van der Waals surface area (Å²) >= 11 is 6.06. The van der Waals surface area contributed by atoms with Gasteiger partial charge in [-0.15, -0.1) is 0 Å². The van der Waals surface area contributed by atoms with Crippen LogP contribution in [0.2, 0.25) is 5.02 Å². The van der Waals surface area contributed by atoms with Crippen molar-refractivity contribution in [2.45, 2.75) is 64.1 Å². The van der Waals surface area contributed by atoms with E-state index in [1.165, 1.54) is 50.5 Å². The first kappa shape index (κ1) is 16.8. The van der Waals surface area contributed by atoms with Gasteiger partial charge in [0.1, 0.15) is 0 Å². The number of benzene rings is 1. The average Bonchev–Trinajstić information content (AvgIpc) is 2.72. The summed E-state index contributed by atoms with van der Waals surface area (Å²) in [5.41, 5.74) is 1.18. The molecule has 0 unspecified atom stereocenters. The van der Waals surface area contributed by atoms with Crippen LogP contribution in [0.5, 0.6) is 0 Å². The molecule has 1 aromatic carbocycles. The van der Waals surface area contributed by atoms with Crippen molar-refractivity contribution in [2.24, 2.45) is 0 Å². The Morgan fingerprint density at radius 2 is 1.95 bits per heavy atom. The molecule has 0 radical (unpaired) electrons. The third-order valence-corrected chi connectivity index (χ3v) is 4.56. The summed E-state index contributed by atoms with van der Waals surface area (Å²) in [6.07, 6.45) is 8.76. The molecule has 0 aromatic heterocycles. The zero-order valence-electron chi connectivity index (χ0n) is 13.2. The van der Waals surface area contributed by atoms with Crippen molar-refractivity contribution in [3.8, 4) is 0 Å². The van der Waals surface area contributed by atoms with E-state index in [1.807, 2.05) is 18.2 Å². The van der Waals surface area contributed by atoms with Crippen molar-refractivity contribution in [1.29, 1.82) is 0 Å². The van der Waals surface area contributed by atoms with Crippen molar-refractivity contribution in [3.05, 3.63) is 34.9 Å². The third-order valence-electron chi connectivity index (χ3n) is 4.32. The zero-order valence-corrected chi connectivity index (χ0v) is 13.9. The summed E-state index contributed by atoms with van der Waals surface area (Å²) in [6.45, 7) is 4.91. The maximum atomic E-state index is 6.42. The normalized spacial score (nSPS) is 18.4. The molecule has 3 heteroatoms. The minimum absolute atomic E-state index is 0.00792. The third kappa shape index (κ3) is 5.61. The van der Waals surface area contributed by atoms with Gasteiger partial charge in [0.25, 0.3) is 0 Å². The van der Waals surface area contributed by atoms with Gasteiger partial charge in [-0.25, -0.2) is 0 Å². The van der Waals surface area contributed by atoms with Gasteiger partial charge in [0, 0.05) is 11.6 Å². The fourth-order valence-electron chi connectivity index (χ4n) is 3.10. The van der Waals surface area contributed by atoms with Gasteiger partial charge in [0.2, 0.25) is 0 Å². The molecular weight excluding hydrogens is 282 g/mol. The molecule has 0 atom stereocenters. The van der Waals surface area contributed by atoms with Gasteiger partial charge >= 0.3 is 0 Å². The summed E-state index contributed by atoms with van der Waals surface area (Å²) in [5, 5.41) is 4.36. The first-order valence-electron chi connectivity index (χ1n) is 8.33. The second-order valence-corrected chi connectivity index (χ2v) is 6.63. The molecule has 0 saturated heterocycles. The van der Waals surface area contributed by atoms with Crippen LogP contribution < -0.4 is 5.32 Å². The van der Waals surface area contributed by atoms with Crippen LogP contribution in [0.3, 0.4) is 0 Å². The van der Waals surface area contributed by atoms with E-state index in [9.17, 15) is 0 Å². The van der Waals surface area contributed by atoms with E-state index >= 15 is 0 Å². The lowest BCUT2D eigenvalue weighted by molar-refractivity contribution is -0.0654. The molecule has 0 heterocycles. The Balaban J connectivity index is 1.97. The van der Waals surface area contributed by atoms with E-state index in [4.69, 9.17) is 16.3 Å². The molecule has 2 nitrogen and oxygen atoms in total. The summed E-state index contributed by atoms with van der Waals surface area (Å²) in [6, 6.07) is 8.01. The van der Waals surface area contributed by atoms with Crippen LogP contribution in [0.1, 0.15) is 57.4 Å². The van der Waals surface area contributed by atoms with E-state index in [2.05, 4.69) is 18.3 Å². The standard InChI is InChI=1S/C18H28ClNO/c1-2-12-20-15-18(10-5-3-4-6-11-18)21-14-16-8-7-9-17(19)13-16/h7-9,13,20H,2-6,10-12,14-15H2,1H3.